The van der Waals surface area contributed by atoms with Crippen LogP contribution in [0.2, 0.25) is 5.02 Å². The molecular formula is C16H15ClF3N. The Morgan fingerprint density at radius 2 is 1.62 bits per heavy atom. The second-order valence-electron chi connectivity index (χ2n) is 5.04. The molecule has 0 aliphatic rings. The average Bonchev–Trinajstić information content (AvgIpc) is 2.35. The minimum atomic E-state index is -4.38. The van der Waals surface area contributed by atoms with Crippen LogP contribution in [0.25, 0.3) is 0 Å². The zero-order valence-electron chi connectivity index (χ0n) is 11.7. The maximum atomic E-state index is 12.6. The van der Waals surface area contributed by atoms with Gasteiger partial charge in [-0.3, -0.25) is 0 Å². The molecule has 0 spiro atoms. The van der Waals surface area contributed by atoms with Crippen LogP contribution in [0.5, 0.6) is 0 Å². The summed E-state index contributed by atoms with van der Waals surface area (Å²) in [6.07, 6.45) is -4.38. The van der Waals surface area contributed by atoms with Crippen LogP contribution in [-0.2, 0) is 12.7 Å². The van der Waals surface area contributed by atoms with E-state index in [4.69, 9.17) is 11.6 Å². The topological polar surface area (TPSA) is 12.0 Å². The Hall–Kier alpha value is -1.68. The molecule has 0 atom stereocenters. The third-order valence-corrected chi connectivity index (χ3v) is 3.37. The smallest absolute Gasteiger partial charge is 0.380 e. The molecule has 2 rings (SSSR count). The van der Waals surface area contributed by atoms with Crippen molar-refractivity contribution in [3.8, 4) is 0 Å². The fraction of sp³-hybridized carbons (Fsp3) is 0.250. The zero-order chi connectivity index (χ0) is 15.6. The molecule has 0 unspecified atom stereocenters. The Kier molecular flexibility index (Phi) is 4.47. The Balaban J connectivity index is 2.13. The monoisotopic (exact) mass is 313 g/mol. The first-order valence-corrected chi connectivity index (χ1v) is 6.81. The quantitative estimate of drug-likeness (QED) is 0.779. The van der Waals surface area contributed by atoms with Gasteiger partial charge >= 0.3 is 6.18 Å². The minimum absolute atomic E-state index is 0.0641. The first-order valence-electron chi connectivity index (χ1n) is 6.43. The molecule has 0 saturated heterocycles. The first-order chi connectivity index (χ1) is 9.75. The number of hydrogen-bond acceptors (Lipinski definition) is 1. The number of aryl methyl sites for hydroxylation is 2. The van der Waals surface area contributed by atoms with Gasteiger partial charge in [0.05, 0.1) is 16.3 Å². The van der Waals surface area contributed by atoms with Crippen LogP contribution in [0.3, 0.4) is 0 Å². The third-order valence-electron chi connectivity index (χ3n) is 3.06. The molecule has 1 nitrogen and oxygen atoms in total. The van der Waals surface area contributed by atoms with Crippen molar-refractivity contribution in [2.24, 2.45) is 0 Å². The molecule has 0 saturated carbocycles. The Morgan fingerprint density at radius 3 is 2.14 bits per heavy atom. The maximum Gasteiger partial charge on any atom is 0.416 e. The summed E-state index contributed by atoms with van der Waals surface area (Å²) >= 11 is 5.90. The van der Waals surface area contributed by atoms with Crippen molar-refractivity contribution < 1.29 is 13.2 Å². The predicted octanol–water partition coefficient (Wildman–Crippen LogP) is 5.59. The van der Waals surface area contributed by atoms with Crippen molar-refractivity contribution in [1.29, 1.82) is 0 Å². The van der Waals surface area contributed by atoms with Gasteiger partial charge in [0.1, 0.15) is 0 Å². The molecule has 0 bridgehead atoms. The number of nitrogens with one attached hydrogen (secondary N) is 1. The van der Waals surface area contributed by atoms with E-state index in [0.29, 0.717) is 12.2 Å². The molecule has 0 fully saturated rings. The third kappa shape index (κ3) is 4.14. The van der Waals surface area contributed by atoms with E-state index in [1.807, 2.05) is 26.0 Å². The van der Waals surface area contributed by atoms with Gasteiger partial charge in [0, 0.05) is 6.54 Å². The summed E-state index contributed by atoms with van der Waals surface area (Å²) in [6, 6.07) is 9.43. The summed E-state index contributed by atoms with van der Waals surface area (Å²) in [5.74, 6) is 0. The SMILES string of the molecule is Cc1cc(C)cc(CNc2ccc(C(F)(F)F)cc2Cl)c1. The summed E-state index contributed by atoms with van der Waals surface area (Å²) in [5.41, 5.74) is 3.09. The number of rotatable bonds is 3. The van der Waals surface area contributed by atoms with E-state index >= 15 is 0 Å². The molecule has 112 valence electrons. The van der Waals surface area contributed by atoms with E-state index in [9.17, 15) is 13.2 Å². The zero-order valence-corrected chi connectivity index (χ0v) is 12.4. The number of hydrogen-bond donors (Lipinski definition) is 1. The van der Waals surface area contributed by atoms with Gasteiger partial charge in [0.15, 0.2) is 0 Å². The standard InChI is InChI=1S/C16H15ClF3N/c1-10-5-11(2)7-12(6-10)9-21-15-4-3-13(8-14(15)17)16(18,19)20/h3-8,21H,9H2,1-2H3. The number of alkyl halides is 3. The summed E-state index contributed by atoms with van der Waals surface area (Å²) in [5, 5.41) is 3.13. The summed E-state index contributed by atoms with van der Waals surface area (Å²) in [4.78, 5) is 0. The second kappa shape index (κ2) is 5.98. The van der Waals surface area contributed by atoms with E-state index < -0.39 is 11.7 Å². The number of benzene rings is 2. The van der Waals surface area contributed by atoms with Crippen LogP contribution in [0, 0.1) is 13.8 Å². The summed E-state index contributed by atoms with van der Waals surface area (Å²) in [7, 11) is 0. The molecule has 21 heavy (non-hydrogen) atoms. The largest absolute Gasteiger partial charge is 0.416 e. The molecule has 2 aromatic carbocycles. The van der Waals surface area contributed by atoms with Crippen LogP contribution >= 0.6 is 11.6 Å². The number of halogens is 4. The summed E-state index contributed by atoms with van der Waals surface area (Å²) < 4.78 is 37.7. The van der Waals surface area contributed by atoms with Crippen LogP contribution < -0.4 is 5.32 Å². The van der Waals surface area contributed by atoms with Gasteiger partial charge in [-0.2, -0.15) is 13.2 Å². The van der Waals surface area contributed by atoms with Crippen molar-refractivity contribution in [2.45, 2.75) is 26.6 Å². The highest BCUT2D eigenvalue weighted by atomic mass is 35.5. The van der Waals surface area contributed by atoms with Crippen molar-refractivity contribution in [2.75, 3.05) is 5.32 Å². The molecule has 0 radical (unpaired) electrons. The van der Waals surface area contributed by atoms with Crippen molar-refractivity contribution in [1.82, 2.24) is 0 Å². The number of anilines is 1. The maximum absolute atomic E-state index is 12.6. The van der Waals surface area contributed by atoms with Gasteiger partial charge in [-0.25, -0.2) is 0 Å². The molecular weight excluding hydrogens is 299 g/mol. The summed E-state index contributed by atoms with van der Waals surface area (Å²) in [6.45, 7) is 4.51. The van der Waals surface area contributed by atoms with Gasteiger partial charge in [-0.05, 0) is 37.6 Å². The Morgan fingerprint density at radius 1 is 1.00 bits per heavy atom. The molecule has 0 amide bonds. The first kappa shape index (κ1) is 15.7. The molecule has 0 aromatic heterocycles. The van der Waals surface area contributed by atoms with Gasteiger partial charge in [0.2, 0.25) is 0 Å². The average molecular weight is 314 g/mol. The van der Waals surface area contributed by atoms with Crippen LogP contribution in [-0.4, -0.2) is 0 Å². The van der Waals surface area contributed by atoms with E-state index in [-0.39, 0.29) is 5.02 Å². The fourth-order valence-electron chi connectivity index (χ4n) is 2.20. The van der Waals surface area contributed by atoms with Crippen molar-refractivity contribution >= 4 is 17.3 Å². The van der Waals surface area contributed by atoms with Crippen molar-refractivity contribution in [3.05, 3.63) is 63.7 Å². The van der Waals surface area contributed by atoms with E-state index in [1.165, 1.54) is 6.07 Å². The lowest BCUT2D eigenvalue weighted by Gasteiger charge is -2.12. The van der Waals surface area contributed by atoms with Gasteiger partial charge < -0.3 is 5.32 Å². The Labute approximate surface area is 126 Å². The van der Waals surface area contributed by atoms with E-state index in [2.05, 4.69) is 11.4 Å². The second-order valence-corrected chi connectivity index (χ2v) is 5.45. The lowest BCUT2D eigenvalue weighted by molar-refractivity contribution is -0.137. The van der Waals surface area contributed by atoms with Gasteiger partial charge in [-0.1, -0.05) is 40.9 Å². The predicted molar refractivity (Wildman–Crippen MR) is 79.7 cm³/mol. The highest BCUT2D eigenvalue weighted by molar-refractivity contribution is 6.33. The molecule has 5 heteroatoms. The van der Waals surface area contributed by atoms with Crippen LogP contribution in [0.15, 0.2) is 36.4 Å². The molecule has 0 aliphatic heterocycles. The van der Waals surface area contributed by atoms with Crippen LogP contribution in [0.1, 0.15) is 22.3 Å². The molecule has 2 aromatic rings. The lowest BCUT2D eigenvalue weighted by atomic mass is 10.1. The van der Waals surface area contributed by atoms with Crippen molar-refractivity contribution in [3.63, 3.8) is 0 Å². The highest BCUT2D eigenvalue weighted by Gasteiger charge is 2.30. The minimum Gasteiger partial charge on any atom is -0.380 e. The molecule has 1 N–H and O–H groups in total. The lowest BCUT2D eigenvalue weighted by Crippen LogP contribution is -2.06. The molecule has 0 heterocycles. The fourth-order valence-corrected chi connectivity index (χ4v) is 2.45. The molecule has 0 aliphatic carbocycles. The van der Waals surface area contributed by atoms with Gasteiger partial charge in [0.25, 0.3) is 0 Å². The van der Waals surface area contributed by atoms with Gasteiger partial charge in [-0.15, -0.1) is 0 Å². The van der Waals surface area contributed by atoms with E-state index in [0.717, 1.165) is 28.8 Å². The van der Waals surface area contributed by atoms with Crippen LogP contribution in [0.4, 0.5) is 18.9 Å². The Bertz CT molecular complexity index is 630. The highest BCUT2D eigenvalue weighted by Crippen LogP contribution is 2.33. The normalized spacial score (nSPS) is 11.5. The van der Waals surface area contributed by atoms with E-state index in [1.54, 1.807) is 0 Å².